The maximum Gasteiger partial charge on any atom is 0.231 e. The van der Waals surface area contributed by atoms with Gasteiger partial charge in [0.25, 0.3) is 0 Å². The lowest BCUT2D eigenvalue weighted by Gasteiger charge is -2.35. The molecule has 114 valence electrons. The molecule has 2 aliphatic heterocycles. The largest absolute Gasteiger partial charge is 0.454 e. The van der Waals surface area contributed by atoms with Crippen LogP contribution in [-0.2, 0) is 11.3 Å². The van der Waals surface area contributed by atoms with Crippen LogP contribution in [0, 0.1) is 5.41 Å². The van der Waals surface area contributed by atoms with E-state index in [0.29, 0.717) is 6.54 Å². The smallest absolute Gasteiger partial charge is 0.231 e. The Morgan fingerprint density at radius 1 is 1.33 bits per heavy atom. The molecule has 1 aromatic rings. The first kappa shape index (κ1) is 14.2. The zero-order valence-corrected chi connectivity index (χ0v) is 12.4. The Morgan fingerprint density at radius 3 is 2.90 bits per heavy atom. The van der Waals surface area contributed by atoms with Crippen LogP contribution in [0.5, 0.6) is 11.5 Å². The summed E-state index contributed by atoms with van der Waals surface area (Å²) in [6, 6.07) is 5.78. The molecule has 0 spiro atoms. The lowest BCUT2D eigenvalue weighted by molar-refractivity contribution is -0.133. The van der Waals surface area contributed by atoms with Crippen molar-refractivity contribution in [2.45, 2.75) is 32.7 Å². The van der Waals surface area contributed by atoms with Gasteiger partial charge in [0.05, 0.1) is 5.41 Å². The predicted molar refractivity (Wildman–Crippen MR) is 79.2 cm³/mol. The third-order valence-electron chi connectivity index (χ3n) is 4.64. The molecule has 1 aromatic carbocycles. The Labute approximate surface area is 125 Å². The van der Waals surface area contributed by atoms with E-state index >= 15 is 0 Å². The number of rotatable bonds is 4. The minimum absolute atomic E-state index is 0.156. The molecular weight excluding hydrogens is 268 g/mol. The highest BCUT2D eigenvalue weighted by atomic mass is 16.7. The highest BCUT2D eigenvalue weighted by Gasteiger charge is 2.37. The molecule has 0 atom stereocenters. The average molecular weight is 290 g/mol. The summed E-state index contributed by atoms with van der Waals surface area (Å²) in [4.78, 5) is 12.6. The predicted octanol–water partition coefficient (Wildman–Crippen LogP) is 1.81. The molecule has 2 aliphatic rings. The number of nitrogens with one attached hydrogen (secondary N) is 2. The molecule has 2 N–H and O–H groups in total. The van der Waals surface area contributed by atoms with Crippen molar-refractivity contribution >= 4 is 5.91 Å². The summed E-state index contributed by atoms with van der Waals surface area (Å²) in [5.74, 6) is 1.67. The normalized spacial score (nSPS) is 19.3. The second kappa shape index (κ2) is 5.93. The van der Waals surface area contributed by atoms with Crippen molar-refractivity contribution in [1.82, 2.24) is 10.6 Å². The molecule has 5 nitrogen and oxygen atoms in total. The average Bonchev–Trinajstić information content (AvgIpc) is 3.02. The molecule has 0 aromatic heterocycles. The first-order valence-electron chi connectivity index (χ1n) is 7.62. The standard InChI is InChI=1S/C16H22N2O3/c1-2-16(6-8-17-9-7-16)15(19)18-10-12-4-3-5-13-14(12)21-11-20-13/h3-5,17H,2,6-11H2,1H3,(H,18,19). The number of benzene rings is 1. The topological polar surface area (TPSA) is 59.6 Å². The highest BCUT2D eigenvalue weighted by molar-refractivity contribution is 5.82. The number of carbonyl (C=O) groups is 1. The molecule has 5 heteroatoms. The van der Waals surface area contributed by atoms with Crippen LogP contribution in [0.2, 0.25) is 0 Å². The van der Waals surface area contributed by atoms with E-state index in [2.05, 4.69) is 17.6 Å². The van der Waals surface area contributed by atoms with Crippen LogP contribution in [0.25, 0.3) is 0 Å². The lowest BCUT2D eigenvalue weighted by atomic mass is 9.76. The van der Waals surface area contributed by atoms with Crippen molar-refractivity contribution in [2.24, 2.45) is 5.41 Å². The molecule has 0 aliphatic carbocycles. The Bertz CT molecular complexity index is 524. The van der Waals surface area contributed by atoms with Gasteiger partial charge in [-0.05, 0) is 38.4 Å². The summed E-state index contributed by atoms with van der Waals surface area (Å²) in [6.45, 7) is 4.67. The van der Waals surface area contributed by atoms with E-state index in [0.717, 1.165) is 49.4 Å². The van der Waals surface area contributed by atoms with Gasteiger partial charge < -0.3 is 20.1 Å². The Morgan fingerprint density at radius 2 is 2.14 bits per heavy atom. The van der Waals surface area contributed by atoms with Gasteiger partial charge in [-0.25, -0.2) is 0 Å². The second-order valence-electron chi connectivity index (χ2n) is 5.72. The molecule has 1 fully saturated rings. The van der Waals surface area contributed by atoms with Gasteiger partial charge >= 0.3 is 0 Å². The van der Waals surface area contributed by atoms with E-state index in [1.165, 1.54) is 0 Å². The van der Waals surface area contributed by atoms with Crippen LogP contribution in [0.3, 0.4) is 0 Å². The van der Waals surface area contributed by atoms with Gasteiger partial charge in [0, 0.05) is 12.1 Å². The van der Waals surface area contributed by atoms with Gasteiger partial charge in [-0.1, -0.05) is 19.1 Å². The molecule has 1 saturated heterocycles. The minimum atomic E-state index is -0.222. The van der Waals surface area contributed by atoms with Crippen LogP contribution in [0.15, 0.2) is 18.2 Å². The number of para-hydroxylation sites is 1. The maximum absolute atomic E-state index is 12.6. The van der Waals surface area contributed by atoms with Crippen LogP contribution in [-0.4, -0.2) is 25.8 Å². The molecule has 1 amide bonds. The third kappa shape index (κ3) is 2.70. The quantitative estimate of drug-likeness (QED) is 0.888. The van der Waals surface area contributed by atoms with E-state index in [4.69, 9.17) is 9.47 Å². The summed E-state index contributed by atoms with van der Waals surface area (Å²) in [6.07, 6.45) is 2.69. The third-order valence-corrected chi connectivity index (χ3v) is 4.64. The minimum Gasteiger partial charge on any atom is -0.454 e. The number of amides is 1. The van der Waals surface area contributed by atoms with E-state index in [-0.39, 0.29) is 18.1 Å². The van der Waals surface area contributed by atoms with Crippen LogP contribution in [0.1, 0.15) is 31.7 Å². The van der Waals surface area contributed by atoms with Gasteiger partial charge in [0.2, 0.25) is 12.7 Å². The summed E-state index contributed by atoms with van der Waals surface area (Å²) in [5, 5.41) is 6.41. The first-order valence-corrected chi connectivity index (χ1v) is 7.62. The van der Waals surface area contributed by atoms with Gasteiger partial charge in [-0.3, -0.25) is 4.79 Å². The summed E-state index contributed by atoms with van der Waals surface area (Å²) < 4.78 is 10.8. The number of carbonyl (C=O) groups excluding carboxylic acids is 1. The van der Waals surface area contributed by atoms with E-state index in [1.54, 1.807) is 0 Å². The number of hydrogen-bond donors (Lipinski definition) is 2. The van der Waals surface area contributed by atoms with Crippen molar-refractivity contribution in [3.05, 3.63) is 23.8 Å². The monoisotopic (exact) mass is 290 g/mol. The van der Waals surface area contributed by atoms with Gasteiger partial charge in [-0.15, -0.1) is 0 Å². The first-order chi connectivity index (χ1) is 10.2. The maximum atomic E-state index is 12.6. The fourth-order valence-electron chi connectivity index (χ4n) is 3.14. The van der Waals surface area contributed by atoms with Crippen molar-refractivity contribution in [3.63, 3.8) is 0 Å². The highest BCUT2D eigenvalue weighted by Crippen LogP contribution is 2.36. The molecule has 0 saturated carbocycles. The molecular formula is C16H22N2O3. The van der Waals surface area contributed by atoms with Crippen molar-refractivity contribution in [2.75, 3.05) is 19.9 Å². The molecule has 0 unspecified atom stereocenters. The number of piperidine rings is 1. The van der Waals surface area contributed by atoms with Crippen molar-refractivity contribution in [1.29, 1.82) is 0 Å². The fourth-order valence-corrected chi connectivity index (χ4v) is 3.14. The number of ether oxygens (including phenoxy) is 2. The summed E-state index contributed by atoms with van der Waals surface area (Å²) >= 11 is 0. The van der Waals surface area contributed by atoms with Crippen molar-refractivity contribution < 1.29 is 14.3 Å². The zero-order valence-electron chi connectivity index (χ0n) is 12.4. The summed E-state index contributed by atoms with van der Waals surface area (Å²) in [7, 11) is 0. The SMILES string of the molecule is CCC1(C(=O)NCc2cccc3c2OCO3)CCNCC1. The van der Waals surface area contributed by atoms with E-state index < -0.39 is 0 Å². The van der Waals surface area contributed by atoms with Crippen molar-refractivity contribution in [3.8, 4) is 11.5 Å². The van der Waals surface area contributed by atoms with Crippen LogP contribution in [0.4, 0.5) is 0 Å². The molecule has 21 heavy (non-hydrogen) atoms. The lowest BCUT2D eigenvalue weighted by Crippen LogP contribution is -2.47. The second-order valence-corrected chi connectivity index (χ2v) is 5.72. The van der Waals surface area contributed by atoms with Gasteiger partial charge in [0.15, 0.2) is 11.5 Å². The Hall–Kier alpha value is -1.75. The molecule has 2 heterocycles. The van der Waals surface area contributed by atoms with E-state index in [1.807, 2.05) is 18.2 Å². The van der Waals surface area contributed by atoms with Crippen LogP contribution >= 0.6 is 0 Å². The summed E-state index contributed by atoms with van der Waals surface area (Å²) in [5.41, 5.74) is 0.749. The molecule has 0 bridgehead atoms. The number of fused-ring (bicyclic) bond motifs is 1. The van der Waals surface area contributed by atoms with E-state index in [9.17, 15) is 4.79 Å². The molecule has 0 radical (unpaired) electrons. The Balaban J connectivity index is 1.67. The zero-order chi connectivity index (χ0) is 14.7. The molecule has 3 rings (SSSR count). The Kier molecular flexibility index (Phi) is 4.01. The van der Waals surface area contributed by atoms with Gasteiger partial charge in [0.1, 0.15) is 0 Å². The van der Waals surface area contributed by atoms with Gasteiger partial charge in [-0.2, -0.15) is 0 Å². The fraction of sp³-hybridized carbons (Fsp3) is 0.562. The van der Waals surface area contributed by atoms with Crippen LogP contribution < -0.4 is 20.1 Å². The number of hydrogen-bond acceptors (Lipinski definition) is 4.